The number of fused-ring (bicyclic) bond motifs is 3. The molecule has 2 aromatic heterocycles. The summed E-state index contributed by atoms with van der Waals surface area (Å²) >= 11 is 0. The molecule has 4 heteroatoms. The monoisotopic (exact) mass is 486 g/mol. The first-order chi connectivity index (χ1) is 22.9. The van der Waals surface area contributed by atoms with Crippen LogP contribution in [0.2, 0.25) is 0 Å². The molecule has 0 saturated heterocycles. The Balaban J connectivity index is 1.59. The van der Waals surface area contributed by atoms with E-state index in [0.29, 0.717) is 11.1 Å². The SMILES string of the molecule is [2H]c1c([2H])c([2H])c(-c2c([2H])c([2H])c([2H])c3c2oc2c([2H])c(-c4nc(-c5ccccc5)nc(-c5ccccc5)n4)c([2H])c([2H])c23)c([2H])c1[2H]. The van der Waals surface area contributed by atoms with Crippen LogP contribution in [-0.2, 0) is 0 Å². The number of furan rings is 1. The minimum absolute atomic E-state index is 0.0899. The first-order valence-electron chi connectivity index (χ1n) is 16.8. The molecule has 4 nitrogen and oxygen atoms in total. The predicted octanol–water partition coefficient (Wildman–Crippen LogP) is 8.44. The van der Waals surface area contributed by atoms with Gasteiger partial charge in [0.05, 0.1) is 15.1 Å². The first-order valence-corrected chi connectivity index (χ1v) is 11.3. The van der Waals surface area contributed by atoms with E-state index in [2.05, 4.69) is 15.0 Å². The summed E-state index contributed by atoms with van der Waals surface area (Å²) in [5.74, 6) is 0.418. The lowest BCUT2D eigenvalue weighted by molar-refractivity contribution is 0.670. The Morgan fingerprint density at radius 1 is 0.514 bits per heavy atom. The highest BCUT2D eigenvalue weighted by molar-refractivity contribution is 6.10. The second kappa shape index (κ2) is 8.85. The molecule has 0 aliphatic carbocycles. The normalized spacial score (nSPS) is 15.4. The molecule has 0 radical (unpaired) electrons. The number of aromatic nitrogens is 3. The molecule has 0 saturated carbocycles. The van der Waals surface area contributed by atoms with Crippen molar-refractivity contribution in [3.05, 3.63) is 127 Å². The van der Waals surface area contributed by atoms with Crippen molar-refractivity contribution >= 4 is 21.9 Å². The molecule has 0 aliphatic rings. The summed E-state index contributed by atoms with van der Waals surface area (Å²) in [5.41, 5.74) is -0.277. The van der Waals surface area contributed by atoms with Crippen LogP contribution in [0, 0.1) is 0 Å². The van der Waals surface area contributed by atoms with Gasteiger partial charge in [0, 0.05) is 33.0 Å². The maximum absolute atomic E-state index is 9.22. The van der Waals surface area contributed by atoms with E-state index in [9.17, 15) is 1.37 Å². The van der Waals surface area contributed by atoms with Crippen LogP contribution >= 0.6 is 0 Å². The van der Waals surface area contributed by atoms with E-state index in [1.165, 1.54) is 0 Å². The Morgan fingerprint density at radius 3 is 1.78 bits per heavy atom. The van der Waals surface area contributed by atoms with Gasteiger partial charge in [-0.15, -0.1) is 0 Å². The Morgan fingerprint density at radius 2 is 1.14 bits per heavy atom. The zero-order valence-corrected chi connectivity index (χ0v) is 19.0. The Labute approximate surface area is 229 Å². The molecule has 37 heavy (non-hydrogen) atoms. The van der Waals surface area contributed by atoms with Gasteiger partial charge in [0.2, 0.25) is 0 Å². The highest BCUT2D eigenvalue weighted by atomic mass is 16.3. The lowest BCUT2D eigenvalue weighted by Gasteiger charge is -2.08. The largest absolute Gasteiger partial charge is 0.455 e. The van der Waals surface area contributed by atoms with E-state index in [0.717, 1.165) is 0 Å². The molecule has 7 aromatic rings. The number of hydrogen-bond acceptors (Lipinski definition) is 4. The van der Waals surface area contributed by atoms with Crippen molar-refractivity contribution in [1.82, 2.24) is 15.0 Å². The van der Waals surface area contributed by atoms with E-state index in [1.54, 1.807) is 24.3 Å². The number of rotatable bonds is 4. The van der Waals surface area contributed by atoms with Crippen molar-refractivity contribution in [2.75, 3.05) is 0 Å². The van der Waals surface area contributed by atoms with Crippen LogP contribution in [0.4, 0.5) is 0 Å². The van der Waals surface area contributed by atoms with Crippen LogP contribution in [0.3, 0.4) is 0 Å². The molecule has 0 spiro atoms. The van der Waals surface area contributed by atoms with Gasteiger partial charge in [0.1, 0.15) is 11.2 Å². The molecular formula is C33H21N3O. The maximum Gasteiger partial charge on any atom is 0.164 e. The van der Waals surface area contributed by atoms with Gasteiger partial charge in [-0.05, 0) is 17.6 Å². The Kier molecular flexibility index (Phi) is 3.05. The van der Waals surface area contributed by atoms with E-state index >= 15 is 0 Å². The lowest BCUT2D eigenvalue weighted by Crippen LogP contribution is -2.00. The second-order valence-corrected chi connectivity index (χ2v) is 8.05. The summed E-state index contributed by atoms with van der Waals surface area (Å²) in [7, 11) is 0. The fraction of sp³-hybridized carbons (Fsp3) is 0. The topological polar surface area (TPSA) is 51.8 Å². The molecule has 0 aliphatic heterocycles. The summed E-state index contributed by atoms with van der Waals surface area (Å²) in [6.07, 6.45) is 0. The third-order valence-corrected chi connectivity index (χ3v) is 5.73. The van der Waals surface area contributed by atoms with Crippen molar-refractivity contribution in [2.45, 2.75) is 0 Å². The Hall–Kier alpha value is -5.09. The van der Waals surface area contributed by atoms with Gasteiger partial charge in [0.25, 0.3) is 0 Å². The lowest BCUT2D eigenvalue weighted by atomic mass is 10.0. The fourth-order valence-electron chi connectivity index (χ4n) is 4.00. The molecule has 0 unspecified atom stereocenters. The van der Waals surface area contributed by atoms with Crippen molar-refractivity contribution in [2.24, 2.45) is 0 Å². The van der Waals surface area contributed by atoms with E-state index < -0.39 is 72.0 Å². The van der Waals surface area contributed by atoms with Gasteiger partial charge >= 0.3 is 0 Å². The van der Waals surface area contributed by atoms with Crippen LogP contribution in [-0.4, -0.2) is 15.0 Å². The highest BCUT2D eigenvalue weighted by Gasteiger charge is 2.16. The van der Waals surface area contributed by atoms with Crippen molar-refractivity contribution in [1.29, 1.82) is 0 Å². The van der Waals surface area contributed by atoms with Crippen molar-refractivity contribution in [3.63, 3.8) is 0 Å². The van der Waals surface area contributed by atoms with Gasteiger partial charge in [-0.2, -0.15) is 0 Å². The molecular weight excluding hydrogens is 454 g/mol. The summed E-state index contributed by atoms with van der Waals surface area (Å²) < 4.78 is 101. The fourth-order valence-corrected chi connectivity index (χ4v) is 4.00. The third-order valence-electron chi connectivity index (χ3n) is 5.73. The van der Waals surface area contributed by atoms with Crippen molar-refractivity contribution < 1.29 is 19.5 Å². The predicted molar refractivity (Wildman–Crippen MR) is 149 cm³/mol. The number of hydrogen-bond donors (Lipinski definition) is 0. The standard InChI is InChI=1S/C33H21N3O/c1-4-11-22(12-5-1)26-17-10-18-28-27-20-19-25(21-29(27)37-30(26)28)33-35-31(23-13-6-2-7-14-23)34-32(36-33)24-15-8-3-9-16-24/h1-21H/i1D,4D,5D,10D,11D,12D,17D,18D,19D,20D,21D. The van der Waals surface area contributed by atoms with Gasteiger partial charge in [-0.1, -0.05) is 115 Å². The molecule has 0 bridgehead atoms. The zero-order chi connectivity index (χ0) is 34.2. The quantitative estimate of drug-likeness (QED) is 0.250. The molecule has 7 rings (SSSR count). The highest BCUT2D eigenvalue weighted by Crippen LogP contribution is 2.37. The van der Waals surface area contributed by atoms with E-state index in [1.807, 2.05) is 36.4 Å². The molecule has 0 N–H and O–H groups in total. The second-order valence-electron chi connectivity index (χ2n) is 8.05. The van der Waals surface area contributed by atoms with Crippen LogP contribution in [0.25, 0.3) is 67.2 Å². The number of nitrogens with zero attached hydrogens (tertiary/aromatic N) is 3. The zero-order valence-electron chi connectivity index (χ0n) is 30.0. The van der Waals surface area contributed by atoms with Crippen molar-refractivity contribution in [3.8, 4) is 45.3 Å². The number of para-hydroxylation sites is 1. The molecule has 0 amide bonds. The molecule has 0 fully saturated rings. The number of benzene rings is 5. The molecule has 174 valence electrons. The van der Waals surface area contributed by atoms with Gasteiger partial charge in [-0.3, -0.25) is 0 Å². The first kappa shape index (κ1) is 12.7. The van der Waals surface area contributed by atoms with Gasteiger partial charge < -0.3 is 4.42 Å². The maximum atomic E-state index is 9.22. The summed E-state index contributed by atoms with van der Waals surface area (Å²) in [6, 6.07) is 11.6. The Bertz CT molecular complexity index is 2380. The summed E-state index contributed by atoms with van der Waals surface area (Å²) in [4.78, 5) is 13.8. The minimum Gasteiger partial charge on any atom is -0.455 e. The average molecular weight is 487 g/mol. The molecule has 2 heterocycles. The van der Waals surface area contributed by atoms with Crippen LogP contribution in [0.1, 0.15) is 15.1 Å². The van der Waals surface area contributed by atoms with Crippen LogP contribution < -0.4 is 0 Å². The molecule has 5 aromatic carbocycles. The average Bonchev–Trinajstić information content (AvgIpc) is 3.51. The van der Waals surface area contributed by atoms with E-state index in [4.69, 9.17) is 18.1 Å². The van der Waals surface area contributed by atoms with Crippen LogP contribution in [0.15, 0.2) is 132 Å². The van der Waals surface area contributed by atoms with E-state index in [-0.39, 0.29) is 50.5 Å². The minimum atomic E-state index is -0.674. The van der Waals surface area contributed by atoms with Gasteiger partial charge in [-0.25, -0.2) is 15.0 Å². The summed E-state index contributed by atoms with van der Waals surface area (Å²) in [6.45, 7) is 0. The smallest absolute Gasteiger partial charge is 0.164 e. The summed E-state index contributed by atoms with van der Waals surface area (Å²) in [5, 5.41) is -0.367. The third kappa shape index (κ3) is 3.85. The van der Waals surface area contributed by atoms with Crippen LogP contribution in [0.5, 0.6) is 0 Å². The molecule has 0 atom stereocenters. The van der Waals surface area contributed by atoms with Gasteiger partial charge in [0.15, 0.2) is 17.5 Å².